The van der Waals surface area contributed by atoms with Crippen molar-refractivity contribution in [1.29, 1.82) is 0 Å². The van der Waals surface area contributed by atoms with Crippen LogP contribution in [0.25, 0.3) is 15.3 Å². The highest BCUT2D eigenvalue weighted by molar-refractivity contribution is 7.20. The van der Waals surface area contributed by atoms with Crippen molar-refractivity contribution in [2.24, 2.45) is 0 Å². The van der Waals surface area contributed by atoms with E-state index in [1.165, 1.54) is 11.3 Å². The van der Waals surface area contributed by atoms with Crippen LogP contribution in [0.3, 0.4) is 0 Å². The Labute approximate surface area is 164 Å². The van der Waals surface area contributed by atoms with Crippen molar-refractivity contribution in [3.63, 3.8) is 0 Å². The van der Waals surface area contributed by atoms with Gasteiger partial charge in [0.25, 0.3) is 5.91 Å². The molecule has 2 aromatic heterocycles. The minimum Gasteiger partial charge on any atom is -0.454 e. The van der Waals surface area contributed by atoms with Gasteiger partial charge in [-0.2, -0.15) is 9.78 Å². The number of thiazole rings is 1. The first-order valence-corrected chi connectivity index (χ1v) is 9.54. The Morgan fingerprint density at radius 1 is 1.11 bits per heavy atom. The number of hydrogen-bond acceptors (Lipinski definition) is 6. The molecule has 3 heterocycles. The lowest BCUT2D eigenvalue weighted by Crippen LogP contribution is -2.15. The fourth-order valence-corrected chi connectivity index (χ4v) is 3.97. The van der Waals surface area contributed by atoms with Gasteiger partial charge in [0.05, 0.1) is 15.9 Å². The first kappa shape index (κ1) is 16.8. The van der Waals surface area contributed by atoms with Gasteiger partial charge in [-0.15, -0.1) is 0 Å². The molecule has 1 amide bonds. The molecule has 0 unspecified atom stereocenters. The zero-order valence-corrected chi connectivity index (χ0v) is 16.0. The third-order valence-corrected chi connectivity index (χ3v) is 5.43. The van der Waals surface area contributed by atoms with Crippen LogP contribution in [-0.2, 0) is 0 Å². The quantitative estimate of drug-likeness (QED) is 0.568. The number of carbonyl (C=O) groups is 1. The lowest BCUT2D eigenvalue weighted by Gasteiger charge is -2.06. The zero-order chi connectivity index (χ0) is 19.3. The van der Waals surface area contributed by atoms with E-state index in [0.717, 1.165) is 21.5 Å². The minimum absolute atomic E-state index is 0.192. The van der Waals surface area contributed by atoms with Gasteiger partial charge in [-0.1, -0.05) is 29.0 Å². The van der Waals surface area contributed by atoms with Crippen molar-refractivity contribution in [3.8, 4) is 16.6 Å². The monoisotopic (exact) mass is 392 g/mol. The number of amides is 1. The second-order valence-electron chi connectivity index (χ2n) is 6.57. The van der Waals surface area contributed by atoms with Crippen LogP contribution in [0, 0.1) is 13.8 Å². The van der Waals surface area contributed by atoms with E-state index in [-0.39, 0.29) is 12.7 Å². The van der Waals surface area contributed by atoms with Crippen molar-refractivity contribution in [3.05, 3.63) is 59.3 Å². The predicted molar refractivity (Wildman–Crippen MR) is 107 cm³/mol. The van der Waals surface area contributed by atoms with Gasteiger partial charge >= 0.3 is 0 Å². The number of carbonyl (C=O) groups excluding carboxylic acids is 1. The summed E-state index contributed by atoms with van der Waals surface area (Å²) in [5, 5.41) is 8.10. The maximum atomic E-state index is 12.6. The van der Waals surface area contributed by atoms with Crippen LogP contribution in [0.4, 0.5) is 5.82 Å². The molecule has 2 aromatic carbocycles. The van der Waals surface area contributed by atoms with Crippen LogP contribution in [0.2, 0.25) is 0 Å². The Morgan fingerprint density at radius 2 is 1.86 bits per heavy atom. The largest absolute Gasteiger partial charge is 0.454 e. The molecule has 1 aliphatic rings. The summed E-state index contributed by atoms with van der Waals surface area (Å²) in [6, 6.07) is 13.0. The van der Waals surface area contributed by atoms with Gasteiger partial charge in [-0.05, 0) is 26.0 Å². The standard InChI is InChI=1S/C20H16N4O3S/c1-11-3-5-13(6-4-11)19(25)22-18-7-12(2)23-24(18)20-21-14-8-15-16(27-10-26-15)9-17(14)28-20/h3-9H,10H2,1-2H3,(H,22,25). The van der Waals surface area contributed by atoms with Gasteiger partial charge in [-0.3, -0.25) is 4.79 Å². The summed E-state index contributed by atoms with van der Waals surface area (Å²) in [5.74, 6) is 1.78. The van der Waals surface area contributed by atoms with Gasteiger partial charge < -0.3 is 14.8 Å². The molecule has 1 aliphatic heterocycles. The molecule has 1 N–H and O–H groups in total. The van der Waals surface area contributed by atoms with Crippen LogP contribution in [0.15, 0.2) is 42.5 Å². The Hall–Kier alpha value is -3.39. The van der Waals surface area contributed by atoms with E-state index in [0.29, 0.717) is 28.0 Å². The molecule has 28 heavy (non-hydrogen) atoms. The Morgan fingerprint density at radius 3 is 2.64 bits per heavy atom. The molecule has 0 atom stereocenters. The molecule has 7 nitrogen and oxygen atoms in total. The summed E-state index contributed by atoms with van der Waals surface area (Å²) < 4.78 is 13.5. The molecule has 140 valence electrons. The maximum absolute atomic E-state index is 12.6. The lowest BCUT2D eigenvalue weighted by molar-refractivity contribution is 0.102. The van der Waals surface area contributed by atoms with Crippen LogP contribution >= 0.6 is 11.3 Å². The normalized spacial score (nSPS) is 12.5. The molecule has 8 heteroatoms. The lowest BCUT2D eigenvalue weighted by atomic mass is 10.1. The number of benzene rings is 2. The van der Waals surface area contributed by atoms with Crippen molar-refractivity contribution in [1.82, 2.24) is 14.8 Å². The van der Waals surface area contributed by atoms with Gasteiger partial charge in [0.1, 0.15) is 5.82 Å². The molecule has 0 spiro atoms. The van der Waals surface area contributed by atoms with Gasteiger partial charge in [0, 0.05) is 23.8 Å². The Kier molecular flexibility index (Phi) is 3.80. The van der Waals surface area contributed by atoms with E-state index in [1.807, 2.05) is 44.2 Å². The topological polar surface area (TPSA) is 78.3 Å². The number of aromatic nitrogens is 3. The van der Waals surface area contributed by atoms with Gasteiger partial charge in [0.15, 0.2) is 11.5 Å². The second kappa shape index (κ2) is 6.35. The fourth-order valence-electron chi connectivity index (χ4n) is 3.02. The van der Waals surface area contributed by atoms with Gasteiger partial charge in [-0.25, -0.2) is 4.98 Å². The highest BCUT2D eigenvalue weighted by atomic mass is 32.1. The van der Waals surface area contributed by atoms with Gasteiger partial charge in [0.2, 0.25) is 11.9 Å². The highest BCUT2D eigenvalue weighted by Gasteiger charge is 2.19. The molecule has 0 fully saturated rings. The third-order valence-electron chi connectivity index (χ3n) is 4.44. The zero-order valence-electron chi connectivity index (χ0n) is 15.2. The predicted octanol–water partition coefficient (Wildman–Crippen LogP) is 4.08. The molecule has 0 saturated carbocycles. The van der Waals surface area contributed by atoms with Crippen LogP contribution < -0.4 is 14.8 Å². The number of nitrogens with one attached hydrogen (secondary N) is 1. The van der Waals surface area contributed by atoms with E-state index >= 15 is 0 Å². The molecular weight excluding hydrogens is 376 g/mol. The fraction of sp³-hybridized carbons (Fsp3) is 0.150. The SMILES string of the molecule is Cc1ccc(C(=O)Nc2cc(C)nn2-c2nc3cc4c(cc3s2)OCO4)cc1. The molecule has 0 radical (unpaired) electrons. The highest BCUT2D eigenvalue weighted by Crippen LogP contribution is 2.38. The summed E-state index contributed by atoms with van der Waals surface area (Å²) in [4.78, 5) is 17.3. The first-order valence-electron chi connectivity index (χ1n) is 8.72. The second-order valence-corrected chi connectivity index (χ2v) is 7.58. The number of ether oxygens (including phenoxy) is 2. The van der Waals surface area contributed by atoms with Crippen molar-refractivity contribution in [2.75, 3.05) is 12.1 Å². The smallest absolute Gasteiger partial charge is 0.256 e. The summed E-state index contributed by atoms with van der Waals surface area (Å²) >= 11 is 1.47. The average molecular weight is 392 g/mol. The number of rotatable bonds is 3. The van der Waals surface area contributed by atoms with E-state index in [4.69, 9.17) is 9.47 Å². The number of fused-ring (bicyclic) bond motifs is 2. The Balaban J connectivity index is 1.50. The van der Waals surface area contributed by atoms with E-state index in [2.05, 4.69) is 15.4 Å². The number of aryl methyl sites for hydroxylation is 2. The van der Waals surface area contributed by atoms with Crippen LogP contribution in [-0.4, -0.2) is 27.5 Å². The summed E-state index contributed by atoms with van der Waals surface area (Å²) in [5.41, 5.74) is 3.28. The summed E-state index contributed by atoms with van der Waals surface area (Å²) in [6.07, 6.45) is 0. The molecule has 0 aliphatic carbocycles. The van der Waals surface area contributed by atoms with E-state index < -0.39 is 0 Å². The third kappa shape index (κ3) is 2.87. The maximum Gasteiger partial charge on any atom is 0.256 e. The Bertz CT molecular complexity index is 1170. The number of nitrogens with zero attached hydrogens (tertiary/aromatic N) is 3. The molecular formula is C20H16N4O3S. The number of hydrogen-bond donors (Lipinski definition) is 1. The van der Waals surface area contributed by atoms with Crippen molar-refractivity contribution < 1.29 is 14.3 Å². The molecule has 4 aromatic rings. The van der Waals surface area contributed by atoms with Crippen LogP contribution in [0.5, 0.6) is 11.5 Å². The summed E-state index contributed by atoms with van der Waals surface area (Å²) in [6.45, 7) is 4.09. The molecule has 0 saturated heterocycles. The number of anilines is 1. The van der Waals surface area contributed by atoms with E-state index in [1.54, 1.807) is 16.8 Å². The van der Waals surface area contributed by atoms with Crippen molar-refractivity contribution >= 4 is 33.3 Å². The van der Waals surface area contributed by atoms with E-state index in [9.17, 15) is 4.79 Å². The summed E-state index contributed by atoms with van der Waals surface area (Å²) in [7, 11) is 0. The molecule has 5 rings (SSSR count). The molecule has 0 bridgehead atoms. The minimum atomic E-state index is -0.192. The average Bonchev–Trinajstić information content (AvgIpc) is 3.37. The first-order chi connectivity index (χ1) is 13.6. The van der Waals surface area contributed by atoms with Crippen LogP contribution in [0.1, 0.15) is 21.6 Å². The van der Waals surface area contributed by atoms with Crippen molar-refractivity contribution in [2.45, 2.75) is 13.8 Å².